The Balaban J connectivity index is 2.26. The second-order valence-electron chi connectivity index (χ2n) is 6.01. The molecule has 1 aromatic carbocycles. The van der Waals surface area contributed by atoms with Crippen molar-refractivity contribution in [1.82, 2.24) is 10.3 Å². The maximum absolute atomic E-state index is 11.9. The molecule has 0 radical (unpaired) electrons. The number of benzene rings is 1. The summed E-state index contributed by atoms with van der Waals surface area (Å²) in [5.41, 5.74) is 2.37. The molecule has 1 aliphatic rings. The molecule has 0 fully saturated rings. The van der Waals surface area contributed by atoms with Crippen molar-refractivity contribution >= 4 is 17.2 Å². The van der Waals surface area contributed by atoms with Crippen LogP contribution in [0.2, 0.25) is 0 Å². The van der Waals surface area contributed by atoms with E-state index in [-0.39, 0.29) is 11.3 Å². The molecular weight excluding hydrogens is 364 g/mol. The number of nitrogens with zero attached hydrogens (tertiary/aromatic N) is 2. The van der Waals surface area contributed by atoms with Crippen LogP contribution in [0, 0.1) is 10.1 Å². The number of carboxylic acids is 1. The zero-order chi connectivity index (χ0) is 20.3. The van der Waals surface area contributed by atoms with Crippen LogP contribution in [0.5, 0.6) is 0 Å². The summed E-state index contributed by atoms with van der Waals surface area (Å²) < 4.78 is 5.05. The number of nitrogens with one attached hydrogen (secondary N) is 2. The summed E-state index contributed by atoms with van der Waals surface area (Å²) in [6.07, 6.45) is 2.99. The van der Waals surface area contributed by atoms with E-state index in [1.807, 2.05) is 0 Å². The van der Waals surface area contributed by atoms with Crippen LogP contribution in [0.4, 0.5) is 5.69 Å². The van der Waals surface area contributed by atoms with Crippen LogP contribution in [-0.2, 0) is 9.53 Å². The van der Waals surface area contributed by atoms with Crippen LogP contribution in [0.3, 0.4) is 0 Å². The Morgan fingerprint density at radius 1 is 1.29 bits per heavy atom. The Morgan fingerprint density at radius 2 is 2.04 bits per heavy atom. The number of para-hydroxylation sites is 1. The SMILES string of the molecule is COC(=C(C1=C(C)Nc2ccccc2C(C(=O)O)N1)c1cccnc1)[N+](=O)[O-]. The second kappa shape index (κ2) is 7.78. The second-order valence-corrected chi connectivity index (χ2v) is 6.01. The monoisotopic (exact) mass is 382 g/mol. The molecule has 0 saturated heterocycles. The maximum Gasteiger partial charge on any atom is 0.437 e. The normalized spacial score (nSPS) is 16.7. The van der Waals surface area contributed by atoms with Gasteiger partial charge in [-0.1, -0.05) is 24.3 Å². The smallest absolute Gasteiger partial charge is 0.437 e. The van der Waals surface area contributed by atoms with E-state index >= 15 is 0 Å². The molecule has 144 valence electrons. The lowest BCUT2D eigenvalue weighted by Crippen LogP contribution is -2.29. The van der Waals surface area contributed by atoms with Crippen molar-refractivity contribution in [3.63, 3.8) is 0 Å². The fourth-order valence-electron chi connectivity index (χ4n) is 3.07. The molecule has 0 amide bonds. The Kier molecular flexibility index (Phi) is 5.25. The zero-order valence-electron chi connectivity index (χ0n) is 15.2. The van der Waals surface area contributed by atoms with E-state index in [1.54, 1.807) is 43.3 Å². The minimum Gasteiger partial charge on any atom is -0.479 e. The van der Waals surface area contributed by atoms with Gasteiger partial charge in [-0.05, 0) is 19.1 Å². The molecule has 1 aliphatic heterocycles. The first-order valence-electron chi connectivity index (χ1n) is 8.33. The van der Waals surface area contributed by atoms with E-state index in [9.17, 15) is 20.0 Å². The van der Waals surface area contributed by atoms with Crippen LogP contribution in [-0.4, -0.2) is 28.1 Å². The predicted octanol–water partition coefficient (Wildman–Crippen LogP) is 2.75. The summed E-state index contributed by atoms with van der Waals surface area (Å²) in [4.78, 5) is 26.9. The van der Waals surface area contributed by atoms with Gasteiger partial charge in [-0.3, -0.25) is 15.1 Å². The Labute approximate surface area is 160 Å². The van der Waals surface area contributed by atoms with Gasteiger partial charge >= 0.3 is 11.9 Å². The van der Waals surface area contributed by atoms with Crippen molar-refractivity contribution in [2.45, 2.75) is 13.0 Å². The van der Waals surface area contributed by atoms with Crippen molar-refractivity contribution in [2.75, 3.05) is 12.4 Å². The van der Waals surface area contributed by atoms with E-state index in [1.165, 1.54) is 19.5 Å². The molecule has 0 spiro atoms. The number of nitro groups is 1. The Hall–Kier alpha value is -3.88. The lowest BCUT2D eigenvalue weighted by Gasteiger charge is -2.19. The maximum atomic E-state index is 11.9. The van der Waals surface area contributed by atoms with Gasteiger partial charge in [0, 0.05) is 34.9 Å². The van der Waals surface area contributed by atoms with Gasteiger partial charge in [0.25, 0.3) is 0 Å². The van der Waals surface area contributed by atoms with Gasteiger partial charge in [-0.2, -0.15) is 0 Å². The lowest BCUT2D eigenvalue weighted by molar-refractivity contribution is -0.460. The van der Waals surface area contributed by atoms with Crippen molar-refractivity contribution in [2.24, 2.45) is 0 Å². The molecule has 3 N–H and O–H groups in total. The van der Waals surface area contributed by atoms with Crippen LogP contribution in [0.1, 0.15) is 24.1 Å². The minimum absolute atomic E-state index is 0.102. The molecule has 1 aromatic heterocycles. The van der Waals surface area contributed by atoms with Gasteiger partial charge in [0.1, 0.15) is 10.5 Å². The fourth-order valence-corrected chi connectivity index (χ4v) is 3.07. The van der Waals surface area contributed by atoms with E-state index in [2.05, 4.69) is 15.6 Å². The van der Waals surface area contributed by atoms with Gasteiger partial charge in [0.2, 0.25) is 0 Å². The van der Waals surface area contributed by atoms with Crippen LogP contribution in [0.25, 0.3) is 5.57 Å². The summed E-state index contributed by atoms with van der Waals surface area (Å²) >= 11 is 0. The van der Waals surface area contributed by atoms with Gasteiger partial charge in [-0.15, -0.1) is 0 Å². The highest BCUT2D eigenvalue weighted by Gasteiger charge is 2.33. The van der Waals surface area contributed by atoms with Gasteiger partial charge in [0.15, 0.2) is 6.04 Å². The van der Waals surface area contributed by atoms with Crippen molar-refractivity contribution in [3.8, 4) is 0 Å². The first kappa shape index (κ1) is 18.9. The molecule has 9 nitrogen and oxygen atoms in total. The summed E-state index contributed by atoms with van der Waals surface area (Å²) in [5.74, 6) is -1.64. The number of allylic oxidation sites excluding steroid dienone is 2. The standard InChI is InChI=1S/C19H18N4O5/c1-11-16(15(18(28-2)23(26)27)12-6-5-9-20-10-12)22-17(19(24)25)13-7-3-4-8-14(13)21-11/h3-10,17,21-22H,1-2H3,(H,24,25). The molecule has 0 saturated carbocycles. The number of carboxylic acid groups (broad SMARTS) is 1. The first-order valence-corrected chi connectivity index (χ1v) is 8.33. The molecule has 1 unspecified atom stereocenters. The summed E-state index contributed by atoms with van der Waals surface area (Å²) in [7, 11) is 1.19. The van der Waals surface area contributed by atoms with Crippen LogP contribution >= 0.6 is 0 Å². The van der Waals surface area contributed by atoms with E-state index in [0.29, 0.717) is 22.5 Å². The quantitative estimate of drug-likeness (QED) is 0.409. The molecule has 28 heavy (non-hydrogen) atoms. The molecule has 1 atom stereocenters. The number of pyridine rings is 1. The highest BCUT2D eigenvalue weighted by molar-refractivity contribution is 5.85. The summed E-state index contributed by atoms with van der Waals surface area (Å²) in [6, 6.07) is 9.09. The van der Waals surface area contributed by atoms with Crippen LogP contribution < -0.4 is 10.6 Å². The van der Waals surface area contributed by atoms with Gasteiger partial charge < -0.3 is 20.5 Å². The third-order valence-electron chi connectivity index (χ3n) is 4.28. The predicted molar refractivity (Wildman–Crippen MR) is 101 cm³/mol. The van der Waals surface area contributed by atoms with Gasteiger partial charge in [-0.25, -0.2) is 4.79 Å². The van der Waals surface area contributed by atoms with E-state index < -0.39 is 22.8 Å². The Morgan fingerprint density at radius 3 is 2.64 bits per heavy atom. The number of fused-ring (bicyclic) bond motifs is 1. The van der Waals surface area contributed by atoms with E-state index in [0.717, 1.165) is 0 Å². The first-order chi connectivity index (χ1) is 13.4. The summed E-state index contributed by atoms with van der Waals surface area (Å²) in [5, 5.41) is 27.5. The zero-order valence-corrected chi connectivity index (χ0v) is 15.2. The molecule has 0 bridgehead atoms. The molecular formula is C19H18N4O5. The number of hydrogen-bond donors (Lipinski definition) is 3. The minimum atomic E-state index is -1.12. The topological polar surface area (TPSA) is 127 Å². The number of methoxy groups -OCH3 is 1. The van der Waals surface area contributed by atoms with Crippen LogP contribution in [0.15, 0.2) is 66.1 Å². The number of aromatic nitrogens is 1. The third kappa shape index (κ3) is 3.50. The highest BCUT2D eigenvalue weighted by atomic mass is 16.7. The largest absolute Gasteiger partial charge is 0.479 e. The summed E-state index contributed by atoms with van der Waals surface area (Å²) in [6.45, 7) is 1.70. The molecule has 3 rings (SSSR count). The third-order valence-corrected chi connectivity index (χ3v) is 4.28. The molecule has 2 aromatic rings. The Bertz CT molecular complexity index is 985. The number of aliphatic carboxylic acids is 1. The van der Waals surface area contributed by atoms with Gasteiger partial charge in [0.05, 0.1) is 12.8 Å². The number of anilines is 1. The fraction of sp³-hybridized carbons (Fsp3) is 0.158. The van der Waals surface area contributed by atoms with Crippen molar-refractivity contribution in [3.05, 3.63) is 87.3 Å². The number of rotatable bonds is 5. The molecule has 0 aliphatic carbocycles. The van der Waals surface area contributed by atoms with E-state index in [4.69, 9.17) is 4.74 Å². The average Bonchev–Trinajstić information content (AvgIpc) is 2.82. The number of carbonyl (C=O) groups is 1. The average molecular weight is 382 g/mol. The van der Waals surface area contributed by atoms with Crippen molar-refractivity contribution in [1.29, 1.82) is 0 Å². The lowest BCUT2D eigenvalue weighted by atomic mass is 10.0. The number of hydrogen-bond acceptors (Lipinski definition) is 7. The highest BCUT2D eigenvalue weighted by Crippen LogP contribution is 2.35. The number of ether oxygens (including phenoxy) is 1. The molecule has 9 heteroatoms. The van der Waals surface area contributed by atoms with Crippen molar-refractivity contribution < 1.29 is 19.6 Å². The molecule has 2 heterocycles.